The molecule has 0 spiro atoms. The van der Waals surface area contributed by atoms with Gasteiger partial charge in [-0.05, 0) is 78.8 Å². The zero-order chi connectivity index (χ0) is 32.3. The summed E-state index contributed by atoms with van der Waals surface area (Å²) < 4.78 is 52.1. The van der Waals surface area contributed by atoms with Gasteiger partial charge in [0.1, 0.15) is 28.8 Å². The van der Waals surface area contributed by atoms with E-state index in [1.165, 1.54) is 12.1 Å². The average Bonchev–Trinajstić information content (AvgIpc) is 3.28. The predicted molar refractivity (Wildman–Crippen MR) is 162 cm³/mol. The van der Waals surface area contributed by atoms with Crippen LogP contribution in [0.4, 0.5) is 4.39 Å². The highest BCUT2D eigenvalue weighted by Crippen LogP contribution is 2.64. The molecule has 1 N–H and O–H groups in total. The first-order chi connectivity index (χ1) is 20.5. The van der Waals surface area contributed by atoms with E-state index in [4.69, 9.17) is 4.74 Å². The van der Waals surface area contributed by atoms with E-state index in [0.717, 1.165) is 23.0 Å². The molecular formula is C32H39FN4O6S. The Labute approximate surface area is 258 Å². The Balaban J connectivity index is 0.000000246. The van der Waals surface area contributed by atoms with Crippen molar-refractivity contribution in [3.05, 3.63) is 72.3 Å². The van der Waals surface area contributed by atoms with Crippen LogP contribution in [0.2, 0.25) is 0 Å². The van der Waals surface area contributed by atoms with E-state index in [0.29, 0.717) is 42.4 Å². The largest absolute Gasteiger partial charge is 0.748 e. The lowest BCUT2D eigenvalue weighted by Crippen LogP contribution is -2.42. The summed E-state index contributed by atoms with van der Waals surface area (Å²) in [6.07, 6.45) is 3.45. The van der Waals surface area contributed by atoms with Crippen LogP contribution in [-0.2, 0) is 14.9 Å². The first kappa shape index (κ1) is 33.2. The molecule has 2 aromatic carbocycles. The second-order valence-corrected chi connectivity index (χ2v) is 14.4. The number of quaternary nitrogens is 1. The van der Waals surface area contributed by atoms with Crippen LogP contribution in [0.5, 0.6) is 11.5 Å². The van der Waals surface area contributed by atoms with Crippen molar-refractivity contribution in [3.63, 3.8) is 0 Å². The summed E-state index contributed by atoms with van der Waals surface area (Å²) in [5.41, 5.74) is -0.139. The molecule has 0 saturated heterocycles. The van der Waals surface area contributed by atoms with Crippen molar-refractivity contribution in [1.82, 2.24) is 15.3 Å². The highest BCUT2D eigenvalue weighted by atomic mass is 32.2. The molecule has 2 aliphatic carbocycles. The van der Waals surface area contributed by atoms with E-state index in [1.807, 2.05) is 26.0 Å². The second kappa shape index (κ2) is 12.7. The number of likely N-dealkylation sites (N-methyl/N-ethyl adjacent to an activating group) is 1. The Morgan fingerprint density at radius 2 is 1.68 bits per heavy atom. The number of ether oxygens (including phenoxy) is 1. The van der Waals surface area contributed by atoms with E-state index < -0.39 is 21.3 Å². The number of carbonyl (C=O) groups is 2. The zero-order valence-electron chi connectivity index (χ0n) is 25.7. The van der Waals surface area contributed by atoms with Crippen molar-refractivity contribution in [2.75, 3.05) is 40.0 Å². The number of amides is 1. The molecule has 10 nitrogen and oxygen atoms in total. The Bertz CT molecular complexity index is 1600. The molecule has 5 rings (SSSR count). The lowest BCUT2D eigenvalue weighted by molar-refractivity contribution is -0.869. The normalized spacial score (nSPS) is 20.5. The van der Waals surface area contributed by atoms with Gasteiger partial charge in [0, 0.05) is 23.6 Å². The number of carbonyl (C=O) groups excluding carboxylic acids is 2. The topological polar surface area (TPSA) is 138 Å². The molecule has 236 valence electrons. The Kier molecular flexibility index (Phi) is 9.57. The van der Waals surface area contributed by atoms with Crippen LogP contribution in [0.1, 0.15) is 43.6 Å². The fourth-order valence-corrected chi connectivity index (χ4v) is 7.22. The van der Waals surface area contributed by atoms with Crippen LogP contribution in [0.15, 0.2) is 60.8 Å². The maximum Gasteiger partial charge on any atom is 0.270 e. The van der Waals surface area contributed by atoms with Crippen molar-refractivity contribution in [2.24, 2.45) is 16.7 Å². The maximum absolute atomic E-state index is 13.0. The Morgan fingerprint density at radius 1 is 1.07 bits per heavy atom. The second-order valence-electron chi connectivity index (χ2n) is 13.0. The molecule has 1 heterocycles. The number of halogens is 1. The molecule has 1 aromatic heterocycles. The van der Waals surface area contributed by atoms with Crippen molar-refractivity contribution in [2.45, 2.75) is 33.1 Å². The summed E-state index contributed by atoms with van der Waals surface area (Å²) >= 11 is 0. The smallest absolute Gasteiger partial charge is 0.270 e. The van der Waals surface area contributed by atoms with Crippen LogP contribution in [0, 0.1) is 22.6 Å². The number of aromatic nitrogens is 2. The maximum atomic E-state index is 13.0. The molecule has 2 bridgehead atoms. The minimum Gasteiger partial charge on any atom is -0.748 e. The first-order valence-corrected chi connectivity index (χ1v) is 16.0. The van der Waals surface area contributed by atoms with Gasteiger partial charge in [-0.2, -0.15) is 0 Å². The van der Waals surface area contributed by atoms with Crippen LogP contribution >= 0.6 is 0 Å². The number of fused-ring (bicyclic) bond motifs is 2. The number of hydrogen-bond acceptors (Lipinski definition) is 8. The summed E-state index contributed by atoms with van der Waals surface area (Å²) in [6, 6.07) is 14.6. The summed E-state index contributed by atoms with van der Waals surface area (Å²) in [7, 11) is 1.88. The molecule has 2 aliphatic rings. The van der Waals surface area contributed by atoms with Crippen molar-refractivity contribution in [3.8, 4) is 22.9 Å². The Morgan fingerprint density at radius 3 is 2.20 bits per heavy atom. The molecule has 2 saturated carbocycles. The summed E-state index contributed by atoms with van der Waals surface area (Å²) in [5.74, 6) is 0.789. The fourth-order valence-electron chi connectivity index (χ4n) is 5.94. The summed E-state index contributed by atoms with van der Waals surface area (Å²) in [4.78, 5) is 32.8. The molecule has 2 unspecified atom stereocenters. The van der Waals surface area contributed by atoms with Gasteiger partial charge in [0.2, 0.25) is 0 Å². The number of rotatable bonds is 9. The van der Waals surface area contributed by atoms with E-state index in [1.54, 1.807) is 36.5 Å². The monoisotopic (exact) mass is 626 g/mol. The van der Waals surface area contributed by atoms with Gasteiger partial charge in [0.15, 0.2) is 5.82 Å². The molecule has 12 heteroatoms. The van der Waals surface area contributed by atoms with E-state index in [2.05, 4.69) is 36.4 Å². The van der Waals surface area contributed by atoms with Gasteiger partial charge < -0.3 is 19.1 Å². The molecular weight excluding hydrogens is 587 g/mol. The SMILES string of the molecule is CC1(C)C2CCC1(CS(=O)(=O)[O-])C(=O)C2.C[N+](C)(C)CCNC(=O)c1ccnc(-c2ccc(Oc3ccc(F)cc3)cc2)n1. The highest BCUT2D eigenvalue weighted by Gasteiger charge is 2.64. The van der Waals surface area contributed by atoms with Gasteiger partial charge in [-0.1, -0.05) is 13.8 Å². The highest BCUT2D eigenvalue weighted by molar-refractivity contribution is 7.85. The molecule has 44 heavy (non-hydrogen) atoms. The van der Waals surface area contributed by atoms with E-state index in [-0.39, 0.29) is 28.8 Å². The zero-order valence-corrected chi connectivity index (χ0v) is 26.5. The molecule has 1 amide bonds. The van der Waals surface area contributed by atoms with Crippen molar-refractivity contribution in [1.29, 1.82) is 0 Å². The van der Waals surface area contributed by atoms with Crippen molar-refractivity contribution >= 4 is 21.8 Å². The number of nitrogens with zero attached hydrogens (tertiary/aromatic N) is 3. The summed E-state index contributed by atoms with van der Waals surface area (Å²) in [5, 5.41) is 2.88. The van der Waals surface area contributed by atoms with Gasteiger partial charge in [-0.3, -0.25) is 9.59 Å². The lowest BCUT2D eigenvalue weighted by atomic mass is 9.70. The number of benzene rings is 2. The third kappa shape index (κ3) is 7.85. The molecule has 0 aliphatic heterocycles. The fraction of sp³-hybridized carbons (Fsp3) is 0.438. The number of Topliss-reactive ketones (excluding diaryl/α,β-unsaturated/α-hetero) is 1. The third-order valence-electron chi connectivity index (χ3n) is 8.68. The van der Waals surface area contributed by atoms with Gasteiger partial charge in [-0.25, -0.2) is 22.8 Å². The number of hydrogen-bond donors (Lipinski definition) is 1. The summed E-state index contributed by atoms with van der Waals surface area (Å²) in [6.45, 7) is 5.22. The quantitative estimate of drug-likeness (QED) is 0.272. The lowest BCUT2D eigenvalue weighted by Gasteiger charge is -2.37. The van der Waals surface area contributed by atoms with E-state index in [9.17, 15) is 27.0 Å². The number of ketones is 1. The molecule has 3 aromatic rings. The minimum absolute atomic E-state index is 0.0248. The standard InChI is InChI=1S/C22H23FN4O2.C10H16O4S/c1-27(2,3)15-14-25-22(28)20-12-13-24-21(26-20)16-4-8-18(9-5-16)29-19-10-6-17(23)7-11-19;1-9(2)7-3-4-10(9,8(11)5-7)6-15(12,13)14/h4-13H,14-15H2,1-3H3;7H,3-6H2,1-2H3,(H,12,13,14). The molecule has 2 fully saturated rings. The Hall–Kier alpha value is -3.74. The van der Waals surface area contributed by atoms with Gasteiger partial charge in [-0.15, -0.1) is 0 Å². The molecule has 2 atom stereocenters. The minimum atomic E-state index is -4.33. The van der Waals surface area contributed by atoms with Crippen LogP contribution in [0.25, 0.3) is 11.4 Å². The van der Waals surface area contributed by atoms with Gasteiger partial charge in [0.05, 0.1) is 50.1 Å². The number of nitrogens with one attached hydrogen (secondary N) is 1. The average molecular weight is 627 g/mol. The van der Waals surface area contributed by atoms with Gasteiger partial charge in [0.25, 0.3) is 5.91 Å². The van der Waals surface area contributed by atoms with E-state index >= 15 is 0 Å². The van der Waals surface area contributed by atoms with Gasteiger partial charge >= 0.3 is 0 Å². The van der Waals surface area contributed by atoms with Crippen LogP contribution in [-0.4, -0.2) is 79.1 Å². The third-order valence-corrected chi connectivity index (χ3v) is 9.53. The van der Waals surface area contributed by atoms with Crippen molar-refractivity contribution < 1.29 is 36.2 Å². The molecule has 0 radical (unpaired) electrons. The first-order valence-electron chi connectivity index (χ1n) is 14.4. The predicted octanol–water partition coefficient (Wildman–Crippen LogP) is 4.44. The van der Waals surface area contributed by atoms with Crippen LogP contribution < -0.4 is 10.1 Å². The van der Waals surface area contributed by atoms with Crippen LogP contribution in [0.3, 0.4) is 0 Å².